The van der Waals surface area contributed by atoms with Crippen LogP contribution in [0, 0.1) is 22.6 Å². The maximum Gasteiger partial charge on any atom is 0.312 e. The normalized spacial score (nSPS) is 22.2. The second-order valence-electron chi connectivity index (χ2n) is 5.94. The Labute approximate surface area is 134 Å². The van der Waals surface area contributed by atoms with Gasteiger partial charge in [0.05, 0.1) is 24.2 Å². The summed E-state index contributed by atoms with van der Waals surface area (Å²) in [5.41, 5.74) is 1.93. The number of carbonyl (C=O) groups is 1. The molecule has 2 unspecified atom stereocenters. The zero-order chi connectivity index (χ0) is 16.4. The van der Waals surface area contributed by atoms with E-state index in [0.29, 0.717) is 18.4 Å². The van der Waals surface area contributed by atoms with E-state index in [9.17, 15) is 9.18 Å². The maximum atomic E-state index is 13.1. The first kappa shape index (κ1) is 15.2. The molecule has 1 aliphatic rings. The summed E-state index contributed by atoms with van der Waals surface area (Å²) in [4.78, 5) is 12.3. The summed E-state index contributed by atoms with van der Waals surface area (Å²) in [6, 6.07) is 15.6. The molecular weight excluding hydrogens is 293 g/mol. The van der Waals surface area contributed by atoms with E-state index in [1.54, 1.807) is 24.3 Å². The summed E-state index contributed by atoms with van der Waals surface area (Å²) >= 11 is 0. The molecule has 0 heterocycles. The van der Waals surface area contributed by atoms with Crippen LogP contribution in [-0.2, 0) is 16.0 Å². The molecule has 4 heteroatoms. The van der Waals surface area contributed by atoms with Crippen LogP contribution in [0.3, 0.4) is 0 Å². The summed E-state index contributed by atoms with van der Waals surface area (Å²) in [5.74, 6) is -0.493. The molecule has 1 aliphatic carbocycles. The van der Waals surface area contributed by atoms with Crippen molar-refractivity contribution >= 4 is 5.97 Å². The van der Waals surface area contributed by atoms with Crippen molar-refractivity contribution in [3.63, 3.8) is 0 Å². The van der Waals surface area contributed by atoms with E-state index < -0.39 is 5.41 Å². The number of carbonyl (C=O) groups excluding carboxylic acids is 1. The molecule has 0 bridgehead atoms. The Bertz CT molecular complexity index is 761. The van der Waals surface area contributed by atoms with Gasteiger partial charge in [-0.15, -0.1) is 0 Å². The standard InChI is InChI=1S/C19H16FNO2/c1-23-18(22)19(10-13-2-4-14(12-21)5-3-13)11-17(19)15-6-8-16(20)9-7-15/h2-9,17H,10-11H2,1H3. The minimum Gasteiger partial charge on any atom is -0.469 e. The van der Waals surface area contributed by atoms with Crippen LogP contribution >= 0.6 is 0 Å². The fourth-order valence-electron chi connectivity index (χ4n) is 3.20. The summed E-state index contributed by atoms with van der Waals surface area (Å²) in [5, 5.41) is 8.86. The number of halogens is 1. The third-order valence-electron chi connectivity index (χ3n) is 4.54. The molecule has 0 N–H and O–H groups in total. The van der Waals surface area contributed by atoms with Gasteiger partial charge in [-0.25, -0.2) is 4.39 Å². The lowest BCUT2D eigenvalue weighted by Gasteiger charge is -2.15. The Morgan fingerprint density at radius 2 is 1.91 bits per heavy atom. The number of methoxy groups -OCH3 is 1. The van der Waals surface area contributed by atoms with E-state index in [-0.39, 0.29) is 17.7 Å². The van der Waals surface area contributed by atoms with Crippen molar-refractivity contribution in [3.8, 4) is 6.07 Å². The topological polar surface area (TPSA) is 50.1 Å². The number of hydrogen-bond donors (Lipinski definition) is 0. The first-order valence-corrected chi connectivity index (χ1v) is 7.42. The SMILES string of the molecule is COC(=O)C1(Cc2ccc(C#N)cc2)CC1c1ccc(F)cc1. The van der Waals surface area contributed by atoms with Crippen molar-refractivity contribution in [1.82, 2.24) is 0 Å². The molecule has 0 radical (unpaired) electrons. The van der Waals surface area contributed by atoms with Crippen LogP contribution in [0.4, 0.5) is 4.39 Å². The quantitative estimate of drug-likeness (QED) is 0.811. The molecule has 0 saturated heterocycles. The molecule has 116 valence electrons. The monoisotopic (exact) mass is 309 g/mol. The average Bonchev–Trinajstić information content (AvgIpc) is 3.31. The highest BCUT2D eigenvalue weighted by Crippen LogP contribution is 2.61. The number of ether oxygens (including phenoxy) is 1. The van der Waals surface area contributed by atoms with Crippen molar-refractivity contribution in [1.29, 1.82) is 5.26 Å². The van der Waals surface area contributed by atoms with Gasteiger partial charge in [-0.05, 0) is 48.2 Å². The highest BCUT2D eigenvalue weighted by Gasteiger charge is 2.61. The third kappa shape index (κ3) is 2.83. The number of rotatable bonds is 4. The number of nitriles is 1. The number of hydrogen-bond acceptors (Lipinski definition) is 3. The highest BCUT2D eigenvalue weighted by atomic mass is 19.1. The van der Waals surface area contributed by atoms with Gasteiger partial charge in [-0.3, -0.25) is 4.79 Å². The van der Waals surface area contributed by atoms with Gasteiger partial charge >= 0.3 is 5.97 Å². The number of esters is 1. The van der Waals surface area contributed by atoms with Crippen molar-refractivity contribution in [3.05, 3.63) is 71.0 Å². The van der Waals surface area contributed by atoms with Gasteiger partial charge in [0.2, 0.25) is 0 Å². The van der Waals surface area contributed by atoms with E-state index in [1.165, 1.54) is 19.2 Å². The average molecular weight is 309 g/mol. The molecule has 0 aliphatic heterocycles. The molecule has 0 aromatic heterocycles. The molecule has 2 atom stereocenters. The zero-order valence-electron chi connectivity index (χ0n) is 12.8. The van der Waals surface area contributed by atoms with Crippen LogP contribution in [0.15, 0.2) is 48.5 Å². The van der Waals surface area contributed by atoms with Crippen molar-refractivity contribution in [2.75, 3.05) is 7.11 Å². The Balaban J connectivity index is 1.86. The molecule has 23 heavy (non-hydrogen) atoms. The molecular formula is C19H16FNO2. The van der Waals surface area contributed by atoms with E-state index >= 15 is 0 Å². The Hall–Kier alpha value is -2.67. The van der Waals surface area contributed by atoms with Crippen LogP contribution in [0.25, 0.3) is 0 Å². The second kappa shape index (κ2) is 5.85. The first-order valence-electron chi connectivity index (χ1n) is 7.42. The van der Waals surface area contributed by atoms with Crippen LogP contribution in [0.1, 0.15) is 29.0 Å². The summed E-state index contributed by atoms with van der Waals surface area (Å²) in [6.45, 7) is 0. The van der Waals surface area contributed by atoms with Crippen molar-refractivity contribution in [2.24, 2.45) is 5.41 Å². The molecule has 1 saturated carbocycles. The Kier molecular flexibility index (Phi) is 3.87. The predicted molar refractivity (Wildman–Crippen MR) is 83.1 cm³/mol. The summed E-state index contributed by atoms with van der Waals surface area (Å²) in [7, 11) is 1.39. The van der Waals surface area contributed by atoms with Crippen molar-refractivity contribution < 1.29 is 13.9 Å². The van der Waals surface area contributed by atoms with Gasteiger partial charge < -0.3 is 4.74 Å². The third-order valence-corrected chi connectivity index (χ3v) is 4.54. The van der Waals surface area contributed by atoms with Crippen molar-refractivity contribution in [2.45, 2.75) is 18.8 Å². The minimum absolute atomic E-state index is 0.0335. The zero-order valence-corrected chi connectivity index (χ0v) is 12.8. The van der Waals surface area contributed by atoms with Gasteiger partial charge in [0.15, 0.2) is 0 Å². The fourth-order valence-corrected chi connectivity index (χ4v) is 3.20. The number of nitrogens with zero attached hydrogens (tertiary/aromatic N) is 1. The van der Waals surface area contributed by atoms with Crippen LogP contribution in [0.5, 0.6) is 0 Å². The van der Waals surface area contributed by atoms with Crippen LogP contribution in [0.2, 0.25) is 0 Å². The van der Waals surface area contributed by atoms with Crippen LogP contribution in [-0.4, -0.2) is 13.1 Å². The lowest BCUT2D eigenvalue weighted by Crippen LogP contribution is -2.22. The summed E-state index contributed by atoms with van der Waals surface area (Å²) in [6.07, 6.45) is 1.23. The van der Waals surface area contributed by atoms with Gasteiger partial charge in [-0.1, -0.05) is 24.3 Å². The highest BCUT2D eigenvalue weighted by molar-refractivity contribution is 5.82. The molecule has 1 fully saturated rings. The summed E-state index contributed by atoms with van der Waals surface area (Å²) < 4.78 is 18.1. The van der Waals surface area contributed by atoms with E-state index in [4.69, 9.17) is 10.00 Å². The van der Waals surface area contributed by atoms with E-state index in [1.807, 2.05) is 12.1 Å². The minimum atomic E-state index is -0.596. The van der Waals surface area contributed by atoms with Gasteiger partial charge in [0, 0.05) is 5.92 Å². The first-order chi connectivity index (χ1) is 11.1. The van der Waals surface area contributed by atoms with Gasteiger partial charge in [-0.2, -0.15) is 5.26 Å². The molecule has 0 spiro atoms. The van der Waals surface area contributed by atoms with Crippen LogP contribution < -0.4 is 0 Å². The largest absolute Gasteiger partial charge is 0.469 e. The predicted octanol–water partition coefficient (Wildman–Crippen LogP) is 3.59. The van der Waals surface area contributed by atoms with E-state index in [0.717, 1.165) is 11.1 Å². The lowest BCUT2D eigenvalue weighted by molar-refractivity contribution is -0.147. The molecule has 2 aromatic rings. The lowest BCUT2D eigenvalue weighted by atomic mass is 9.91. The fraction of sp³-hybridized carbons (Fsp3) is 0.263. The molecule has 0 amide bonds. The molecule has 3 rings (SSSR count). The second-order valence-corrected chi connectivity index (χ2v) is 5.94. The smallest absolute Gasteiger partial charge is 0.312 e. The number of benzene rings is 2. The van der Waals surface area contributed by atoms with E-state index in [2.05, 4.69) is 6.07 Å². The van der Waals surface area contributed by atoms with Gasteiger partial charge in [0.1, 0.15) is 5.82 Å². The molecule has 3 nitrogen and oxygen atoms in total. The maximum absolute atomic E-state index is 13.1. The Morgan fingerprint density at radius 1 is 1.26 bits per heavy atom. The Morgan fingerprint density at radius 3 is 2.48 bits per heavy atom. The molecule has 2 aromatic carbocycles. The van der Waals surface area contributed by atoms with Gasteiger partial charge in [0.25, 0.3) is 0 Å².